The summed E-state index contributed by atoms with van der Waals surface area (Å²) in [5, 5.41) is 3.85. The Kier molecular flexibility index (Phi) is 5.45. The van der Waals surface area contributed by atoms with Crippen molar-refractivity contribution in [2.24, 2.45) is 5.92 Å². The Hall–Kier alpha value is -1.30. The molecule has 1 amide bonds. The summed E-state index contributed by atoms with van der Waals surface area (Å²) in [5.74, 6) is 1.07. The van der Waals surface area contributed by atoms with Gasteiger partial charge in [0, 0.05) is 19.1 Å². The first kappa shape index (κ1) is 16.1. The van der Waals surface area contributed by atoms with E-state index in [4.69, 9.17) is 5.73 Å². The van der Waals surface area contributed by atoms with Gasteiger partial charge in [-0.2, -0.15) is 4.37 Å². The summed E-state index contributed by atoms with van der Waals surface area (Å²) in [7, 11) is 0. The summed E-state index contributed by atoms with van der Waals surface area (Å²) < 4.78 is 4.19. The zero-order valence-corrected chi connectivity index (χ0v) is 14.0. The molecule has 6 heteroatoms. The number of amides is 1. The maximum absolute atomic E-state index is 12.3. The molecule has 0 aromatic carbocycles. The second-order valence-electron chi connectivity index (χ2n) is 6.10. The molecule has 1 aromatic heterocycles. The van der Waals surface area contributed by atoms with Crippen molar-refractivity contribution in [3.05, 3.63) is 5.56 Å². The van der Waals surface area contributed by atoms with Crippen molar-refractivity contribution in [2.45, 2.75) is 52.5 Å². The Morgan fingerprint density at radius 2 is 2.14 bits per heavy atom. The minimum Gasteiger partial charge on any atom is -0.382 e. The van der Waals surface area contributed by atoms with Crippen LogP contribution in [0.1, 0.15) is 56.8 Å². The first-order valence-electron chi connectivity index (χ1n) is 7.83. The fourth-order valence-electron chi connectivity index (χ4n) is 2.89. The minimum absolute atomic E-state index is 0.0972. The second-order valence-corrected chi connectivity index (χ2v) is 6.85. The van der Waals surface area contributed by atoms with Crippen molar-refractivity contribution in [2.75, 3.05) is 23.7 Å². The quantitative estimate of drug-likeness (QED) is 0.877. The molecule has 5 nitrogen and oxygen atoms in total. The molecular formula is C15H26N4OS. The number of hydrogen-bond donors (Lipinski definition) is 2. The molecule has 0 atom stereocenters. The van der Waals surface area contributed by atoms with Crippen LogP contribution in [0.3, 0.4) is 0 Å². The molecule has 2 heterocycles. The average Bonchev–Trinajstić information content (AvgIpc) is 2.81. The standard InChI is InChI=1S/C15H26N4OS/c1-4-5-11-6-8-19(9-7-11)15-12(13(16)18-21-15)14(20)17-10(2)3/h10-11H,4-9H2,1-3H3,(H2,16,18)(H,17,20). The maximum Gasteiger partial charge on any atom is 0.258 e. The predicted molar refractivity (Wildman–Crippen MR) is 89.0 cm³/mol. The number of nitrogen functional groups attached to an aromatic ring is 1. The van der Waals surface area contributed by atoms with Gasteiger partial charge >= 0.3 is 0 Å². The van der Waals surface area contributed by atoms with Crippen molar-refractivity contribution < 1.29 is 4.79 Å². The van der Waals surface area contributed by atoms with Crippen molar-refractivity contribution in [3.8, 4) is 0 Å². The molecule has 1 aliphatic heterocycles. The number of nitrogens with zero attached hydrogens (tertiary/aromatic N) is 2. The number of carbonyl (C=O) groups is 1. The molecule has 1 aromatic rings. The van der Waals surface area contributed by atoms with E-state index in [1.807, 2.05) is 13.8 Å². The van der Waals surface area contributed by atoms with Gasteiger partial charge in [-0.05, 0) is 44.1 Å². The van der Waals surface area contributed by atoms with Gasteiger partial charge in [-0.1, -0.05) is 19.8 Å². The normalized spacial score (nSPS) is 16.5. The fourth-order valence-corrected chi connectivity index (χ4v) is 3.75. The van der Waals surface area contributed by atoms with E-state index >= 15 is 0 Å². The zero-order chi connectivity index (χ0) is 15.4. The van der Waals surface area contributed by atoms with Crippen LogP contribution >= 0.6 is 11.5 Å². The lowest BCUT2D eigenvalue weighted by atomic mass is 9.92. The highest BCUT2D eigenvalue weighted by molar-refractivity contribution is 7.11. The van der Waals surface area contributed by atoms with Gasteiger partial charge in [-0.15, -0.1) is 0 Å². The molecule has 118 valence electrons. The van der Waals surface area contributed by atoms with Crippen LogP contribution in [0.4, 0.5) is 10.8 Å². The summed E-state index contributed by atoms with van der Waals surface area (Å²) in [5.41, 5.74) is 6.47. The van der Waals surface area contributed by atoms with Gasteiger partial charge in [0.2, 0.25) is 0 Å². The van der Waals surface area contributed by atoms with Gasteiger partial charge in [0.05, 0.1) is 0 Å². The first-order valence-corrected chi connectivity index (χ1v) is 8.61. The van der Waals surface area contributed by atoms with Gasteiger partial charge in [0.25, 0.3) is 5.91 Å². The fraction of sp³-hybridized carbons (Fsp3) is 0.733. The topological polar surface area (TPSA) is 71.2 Å². The van der Waals surface area contributed by atoms with E-state index in [9.17, 15) is 4.79 Å². The highest BCUT2D eigenvalue weighted by Gasteiger charge is 2.27. The van der Waals surface area contributed by atoms with Crippen LogP contribution in [-0.2, 0) is 0 Å². The summed E-state index contributed by atoms with van der Waals surface area (Å²) in [6.07, 6.45) is 4.94. The number of hydrogen-bond acceptors (Lipinski definition) is 5. The monoisotopic (exact) mass is 310 g/mol. The molecule has 0 radical (unpaired) electrons. The van der Waals surface area contributed by atoms with E-state index < -0.39 is 0 Å². The first-order chi connectivity index (χ1) is 10.0. The van der Waals surface area contributed by atoms with Crippen molar-refractivity contribution >= 4 is 28.3 Å². The van der Waals surface area contributed by atoms with Gasteiger partial charge in [-0.3, -0.25) is 4.79 Å². The molecule has 0 unspecified atom stereocenters. The Bertz CT molecular complexity index is 478. The lowest BCUT2D eigenvalue weighted by Crippen LogP contribution is -2.36. The van der Waals surface area contributed by atoms with Crippen molar-refractivity contribution in [1.29, 1.82) is 0 Å². The zero-order valence-electron chi connectivity index (χ0n) is 13.2. The number of carbonyl (C=O) groups excluding carboxylic acids is 1. The third kappa shape index (κ3) is 3.87. The van der Waals surface area contributed by atoms with Crippen LogP contribution in [0.25, 0.3) is 0 Å². The molecule has 2 rings (SSSR count). The Labute approximate surface area is 131 Å². The number of piperidine rings is 1. The molecule has 0 spiro atoms. The number of rotatable bonds is 5. The Balaban J connectivity index is 2.09. The molecule has 3 N–H and O–H groups in total. The largest absolute Gasteiger partial charge is 0.382 e. The summed E-state index contributed by atoms with van der Waals surface area (Å²) in [6.45, 7) is 8.13. The smallest absolute Gasteiger partial charge is 0.258 e. The molecule has 1 aliphatic rings. The van der Waals surface area contributed by atoms with Gasteiger partial charge in [-0.25, -0.2) is 0 Å². The molecule has 21 heavy (non-hydrogen) atoms. The van der Waals surface area contributed by atoms with E-state index in [1.165, 1.54) is 37.2 Å². The van der Waals surface area contributed by atoms with Crippen LogP contribution in [0.15, 0.2) is 0 Å². The van der Waals surface area contributed by atoms with E-state index in [0.717, 1.165) is 24.0 Å². The van der Waals surface area contributed by atoms with Gasteiger partial charge < -0.3 is 16.0 Å². The van der Waals surface area contributed by atoms with E-state index in [-0.39, 0.29) is 11.9 Å². The van der Waals surface area contributed by atoms with E-state index in [1.54, 1.807) is 0 Å². The minimum atomic E-state index is -0.109. The maximum atomic E-state index is 12.3. The van der Waals surface area contributed by atoms with Gasteiger partial charge in [0.15, 0.2) is 5.82 Å². The SMILES string of the molecule is CCCC1CCN(c2snc(N)c2C(=O)NC(C)C)CC1. The van der Waals surface area contributed by atoms with E-state index in [2.05, 4.69) is 21.5 Å². The molecule has 0 bridgehead atoms. The second kappa shape index (κ2) is 7.11. The van der Waals surface area contributed by atoms with Crippen molar-refractivity contribution in [1.82, 2.24) is 9.69 Å². The Morgan fingerprint density at radius 1 is 1.48 bits per heavy atom. The molecule has 1 saturated heterocycles. The van der Waals surface area contributed by atoms with Crippen LogP contribution < -0.4 is 16.0 Å². The van der Waals surface area contributed by atoms with Gasteiger partial charge in [0.1, 0.15) is 10.6 Å². The molecule has 1 fully saturated rings. The third-order valence-corrected chi connectivity index (χ3v) is 4.87. The molecular weight excluding hydrogens is 284 g/mol. The lowest BCUT2D eigenvalue weighted by Gasteiger charge is -2.32. The predicted octanol–water partition coefficient (Wildman–Crippen LogP) is 2.88. The summed E-state index contributed by atoms with van der Waals surface area (Å²) in [6, 6.07) is 0.0972. The van der Waals surface area contributed by atoms with Crippen LogP contribution in [0.5, 0.6) is 0 Å². The third-order valence-electron chi connectivity index (χ3n) is 3.95. The average molecular weight is 310 g/mol. The highest BCUT2D eigenvalue weighted by Crippen LogP contribution is 2.34. The van der Waals surface area contributed by atoms with Crippen LogP contribution in [0.2, 0.25) is 0 Å². The van der Waals surface area contributed by atoms with Crippen LogP contribution in [-0.4, -0.2) is 29.4 Å². The molecule has 0 aliphatic carbocycles. The molecule has 0 saturated carbocycles. The highest BCUT2D eigenvalue weighted by atomic mass is 32.1. The Morgan fingerprint density at radius 3 is 2.71 bits per heavy atom. The summed E-state index contributed by atoms with van der Waals surface area (Å²) >= 11 is 1.34. The van der Waals surface area contributed by atoms with Crippen molar-refractivity contribution in [3.63, 3.8) is 0 Å². The number of nitrogens with one attached hydrogen (secondary N) is 1. The number of anilines is 2. The number of aromatic nitrogens is 1. The van der Waals surface area contributed by atoms with Crippen LogP contribution in [0, 0.1) is 5.92 Å². The summed E-state index contributed by atoms with van der Waals surface area (Å²) in [4.78, 5) is 14.6. The lowest BCUT2D eigenvalue weighted by molar-refractivity contribution is 0.0944. The number of nitrogens with two attached hydrogens (primary N) is 1. The van der Waals surface area contributed by atoms with E-state index in [0.29, 0.717) is 11.4 Å².